The molecule has 0 fully saturated rings. The van der Waals surface area contributed by atoms with Gasteiger partial charge in [0.2, 0.25) is 0 Å². The van der Waals surface area contributed by atoms with Gasteiger partial charge in [-0.05, 0) is 19.0 Å². The molecule has 0 aliphatic rings. The molecular formula is C10H14N4O. The van der Waals surface area contributed by atoms with Gasteiger partial charge in [0.15, 0.2) is 0 Å². The maximum Gasteiger partial charge on any atom is 0.138 e. The van der Waals surface area contributed by atoms with E-state index < -0.39 is 6.10 Å². The predicted octanol–water partition coefficient (Wildman–Crippen LogP) is 0.350. The van der Waals surface area contributed by atoms with Crippen molar-refractivity contribution >= 4 is 11.0 Å². The first-order valence-corrected chi connectivity index (χ1v) is 4.88. The van der Waals surface area contributed by atoms with Gasteiger partial charge in [-0.15, -0.1) is 0 Å². The van der Waals surface area contributed by atoms with Crippen LogP contribution in [0.2, 0.25) is 0 Å². The highest BCUT2D eigenvalue weighted by Crippen LogP contribution is 2.19. The highest BCUT2D eigenvalue weighted by molar-refractivity contribution is 5.74. The quantitative estimate of drug-likeness (QED) is 0.759. The van der Waals surface area contributed by atoms with Crippen LogP contribution in [-0.4, -0.2) is 26.2 Å². The van der Waals surface area contributed by atoms with Crippen molar-refractivity contribution in [1.29, 1.82) is 0 Å². The lowest BCUT2D eigenvalue weighted by Crippen LogP contribution is -2.11. The Hall–Kier alpha value is -1.46. The van der Waals surface area contributed by atoms with Gasteiger partial charge in [0, 0.05) is 13.2 Å². The number of aryl methyl sites for hydroxylation is 1. The Morgan fingerprint density at radius 3 is 3.07 bits per heavy atom. The zero-order valence-corrected chi connectivity index (χ0v) is 8.59. The topological polar surface area (TPSA) is 77.0 Å². The summed E-state index contributed by atoms with van der Waals surface area (Å²) >= 11 is 0. The van der Waals surface area contributed by atoms with E-state index in [4.69, 9.17) is 5.73 Å². The molecule has 2 heterocycles. The van der Waals surface area contributed by atoms with Crippen LogP contribution in [0.5, 0.6) is 0 Å². The SMILES string of the molecule is Cn1c(C(O)CCN)nc2ccncc21. The second kappa shape index (κ2) is 3.96. The Bertz CT molecular complexity index is 465. The van der Waals surface area contributed by atoms with Crippen molar-refractivity contribution < 1.29 is 5.11 Å². The van der Waals surface area contributed by atoms with Gasteiger partial charge in [-0.3, -0.25) is 4.98 Å². The zero-order chi connectivity index (χ0) is 10.8. The van der Waals surface area contributed by atoms with Crippen LogP contribution >= 0.6 is 0 Å². The Morgan fingerprint density at radius 1 is 1.60 bits per heavy atom. The first-order chi connectivity index (χ1) is 7.24. The highest BCUT2D eigenvalue weighted by Gasteiger charge is 2.14. The van der Waals surface area contributed by atoms with E-state index in [1.807, 2.05) is 17.7 Å². The third-order valence-corrected chi connectivity index (χ3v) is 2.46. The smallest absolute Gasteiger partial charge is 0.138 e. The van der Waals surface area contributed by atoms with Gasteiger partial charge in [-0.25, -0.2) is 4.98 Å². The van der Waals surface area contributed by atoms with E-state index in [0.717, 1.165) is 11.0 Å². The molecular weight excluding hydrogens is 192 g/mol. The fraction of sp³-hybridized carbons (Fsp3) is 0.400. The van der Waals surface area contributed by atoms with Crippen LogP contribution in [-0.2, 0) is 7.05 Å². The van der Waals surface area contributed by atoms with E-state index in [-0.39, 0.29) is 0 Å². The molecule has 0 spiro atoms. The minimum absolute atomic E-state index is 0.447. The molecule has 5 heteroatoms. The summed E-state index contributed by atoms with van der Waals surface area (Å²) in [5.74, 6) is 0.642. The second-order valence-corrected chi connectivity index (χ2v) is 3.49. The normalized spacial score (nSPS) is 13.3. The standard InChI is InChI=1S/C10H14N4O/c1-14-8-6-12-5-3-7(8)13-10(14)9(15)2-4-11/h3,5-6,9,15H,2,4,11H2,1H3. The van der Waals surface area contributed by atoms with Crippen LogP contribution in [0.4, 0.5) is 0 Å². The molecule has 0 amide bonds. The van der Waals surface area contributed by atoms with Crippen LogP contribution in [0.1, 0.15) is 18.3 Å². The third-order valence-electron chi connectivity index (χ3n) is 2.46. The van der Waals surface area contributed by atoms with E-state index in [9.17, 15) is 5.11 Å². The van der Waals surface area contributed by atoms with E-state index in [2.05, 4.69) is 9.97 Å². The first kappa shape index (κ1) is 10.1. The summed E-state index contributed by atoms with van der Waals surface area (Å²) in [5.41, 5.74) is 7.17. The molecule has 15 heavy (non-hydrogen) atoms. The molecule has 0 aliphatic heterocycles. The summed E-state index contributed by atoms with van der Waals surface area (Å²) in [7, 11) is 1.87. The van der Waals surface area contributed by atoms with Crippen molar-refractivity contribution in [2.75, 3.05) is 6.54 Å². The Kier molecular flexibility index (Phi) is 2.66. The number of aliphatic hydroxyl groups excluding tert-OH is 1. The van der Waals surface area contributed by atoms with E-state index in [1.54, 1.807) is 12.4 Å². The number of aliphatic hydroxyl groups is 1. The summed E-state index contributed by atoms with van der Waals surface area (Å²) in [6.45, 7) is 0.447. The second-order valence-electron chi connectivity index (χ2n) is 3.49. The summed E-state index contributed by atoms with van der Waals surface area (Å²) in [6.07, 6.45) is 3.34. The number of hydrogen-bond acceptors (Lipinski definition) is 4. The monoisotopic (exact) mass is 206 g/mol. The van der Waals surface area contributed by atoms with Crippen molar-refractivity contribution in [2.24, 2.45) is 12.8 Å². The summed E-state index contributed by atoms with van der Waals surface area (Å²) in [6, 6.07) is 1.83. The molecule has 80 valence electrons. The summed E-state index contributed by atoms with van der Waals surface area (Å²) in [4.78, 5) is 8.37. The Labute approximate surface area is 87.6 Å². The molecule has 2 aromatic rings. The first-order valence-electron chi connectivity index (χ1n) is 4.88. The van der Waals surface area contributed by atoms with Gasteiger partial charge in [0.1, 0.15) is 11.9 Å². The van der Waals surface area contributed by atoms with Crippen molar-refractivity contribution in [2.45, 2.75) is 12.5 Å². The number of pyridine rings is 1. The zero-order valence-electron chi connectivity index (χ0n) is 8.59. The van der Waals surface area contributed by atoms with Crippen molar-refractivity contribution in [3.05, 3.63) is 24.3 Å². The van der Waals surface area contributed by atoms with Crippen LogP contribution in [0.3, 0.4) is 0 Å². The molecule has 0 bridgehead atoms. The van der Waals surface area contributed by atoms with Crippen molar-refractivity contribution in [3.8, 4) is 0 Å². The summed E-state index contributed by atoms with van der Waals surface area (Å²) < 4.78 is 1.85. The average molecular weight is 206 g/mol. The van der Waals surface area contributed by atoms with Gasteiger partial charge >= 0.3 is 0 Å². The molecule has 0 saturated heterocycles. The molecule has 1 unspecified atom stereocenters. The van der Waals surface area contributed by atoms with E-state index in [0.29, 0.717) is 18.8 Å². The molecule has 0 saturated carbocycles. The number of rotatable bonds is 3. The number of fused-ring (bicyclic) bond motifs is 1. The molecule has 2 aromatic heterocycles. The van der Waals surface area contributed by atoms with E-state index >= 15 is 0 Å². The molecule has 3 N–H and O–H groups in total. The molecule has 1 atom stereocenters. The van der Waals surface area contributed by atoms with Gasteiger partial charge in [0.25, 0.3) is 0 Å². The maximum absolute atomic E-state index is 9.82. The number of nitrogens with two attached hydrogens (primary N) is 1. The maximum atomic E-state index is 9.82. The number of hydrogen-bond donors (Lipinski definition) is 2. The van der Waals surface area contributed by atoms with Gasteiger partial charge < -0.3 is 15.4 Å². The van der Waals surface area contributed by atoms with Crippen LogP contribution < -0.4 is 5.73 Å². The van der Waals surface area contributed by atoms with Crippen LogP contribution in [0.15, 0.2) is 18.5 Å². The van der Waals surface area contributed by atoms with Crippen LogP contribution in [0, 0.1) is 0 Å². The molecule has 0 aliphatic carbocycles. The van der Waals surface area contributed by atoms with Gasteiger partial charge in [-0.2, -0.15) is 0 Å². The van der Waals surface area contributed by atoms with Gasteiger partial charge in [-0.1, -0.05) is 0 Å². The minimum atomic E-state index is -0.604. The minimum Gasteiger partial charge on any atom is -0.385 e. The van der Waals surface area contributed by atoms with Crippen molar-refractivity contribution in [3.63, 3.8) is 0 Å². The predicted molar refractivity (Wildman–Crippen MR) is 57.1 cm³/mol. The largest absolute Gasteiger partial charge is 0.385 e. The summed E-state index contributed by atoms with van der Waals surface area (Å²) in [5, 5.41) is 9.82. The fourth-order valence-electron chi connectivity index (χ4n) is 1.64. The Morgan fingerprint density at radius 2 is 2.40 bits per heavy atom. The van der Waals surface area contributed by atoms with E-state index in [1.165, 1.54) is 0 Å². The third kappa shape index (κ3) is 1.71. The number of imidazole rings is 1. The molecule has 5 nitrogen and oxygen atoms in total. The lowest BCUT2D eigenvalue weighted by Gasteiger charge is -2.08. The lowest BCUT2D eigenvalue weighted by atomic mass is 10.2. The molecule has 2 rings (SSSR count). The van der Waals surface area contributed by atoms with Crippen molar-refractivity contribution in [1.82, 2.24) is 14.5 Å². The fourth-order valence-corrected chi connectivity index (χ4v) is 1.64. The van der Waals surface area contributed by atoms with Gasteiger partial charge in [0.05, 0.1) is 17.2 Å². The number of nitrogens with zero attached hydrogens (tertiary/aromatic N) is 3. The number of aromatic nitrogens is 3. The molecule has 0 radical (unpaired) electrons. The molecule has 0 aromatic carbocycles. The Balaban J connectivity index is 2.48. The average Bonchev–Trinajstić information content (AvgIpc) is 2.57. The lowest BCUT2D eigenvalue weighted by molar-refractivity contribution is 0.157. The highest BCUT2D eigenvalue weighted by atomic mass is 16.3. The van der Waals surface area contributed by atoms with Crippen LogP contribution in [0.25, 0.3) is 11.0 Å².